The summed E-state index contributed by atoms with van der Waals surface area (Å²) in [5, 5.41) is 12.3. The van der Waals surface area contributed by atoms with Crippen molar-refractivity contribution in [3.05, 3.63) is 33.8 Å². The highest BCUT2D eigenvalue weighted by atomic mass is 35.5. The number of benzene rings is 1. The van der Waals surface area contributed by atoms with Crippen molar-refractivity contribution in [3.63, 3.8) is 0 Å². The molecule has 14 nitrogen and oxygen atoms in total. The predicted octanol–water partition coefficient (Wildman–Crippen LogP) is 5.70. The van der Waals surface area contributed by atoms with Gasteiger partial charge in [-0.3, -0.25) is 33.6 Å². The van der Waals surface area contributed by atoms with E-state index in [1.807, 2.05) is 20.8 Å². The van der Waals surface area contributed by atoms with E-state index in [0.29, 0.717) is 60.6 Å². The zero-order valence-electron chi connectivity index (χ0n) is 38.5. The second-order valence-electron chi connectivity index (χ2n) is 19.6. The first kappa shape index (κ1) is 51.3. The molecule has 1 aromatic rings. The number of rotatable bonds is 14. The summed E-state index contributed by atoms with van der Waals surface area (Å²) in [7, 11) is 1.46. The number of alkyl halides is 3. The lowest BCUT2D eigenvalue weighted by atomic mass is 9.67. The van der Waals surface area contributed by atoms with E-state index < -0.39 is 89.2 Å². The van der Waals surface area contributed by atoms with Gasteiger partial charge in [0.15, 0.2) is 0 Å². The third-order valence-electron chi connectivity index (χ3n) is 14.0. The number of carbonyl (C=O) groups is 7. The smallest absolute Gasteiger partial charge is 0.354 e. The van der Waals surface area contributed by atoms with Crippen molar-refractivity contribution in [2.45, 2.75) is 166 Å². The molecule has 0 radical (unpaired) electrons. The summed E-state index contributed by atoms with van der Waals surface area (Å²) in [5.74, 6) is -4.81. The van der Waals surface area contributed by atoms with E-state index in [9.17, 15) is 41.9 Å². The molecule has 0 bridgehead atoms. The average Bonchev–Trinajstić information content (AvgIpc) is 4.19. The largest absolute Gasteiger partial charge is 0.403 e. The number of nitrogens with zero attached hydrogens (tertiary/aromatic N) is 3. The molecular weight excluding hydrogens is 902 g/mol. The summed E-state index contributed by atoms with van der Waals surface area (Å²) in [6.45, 7) is 6.07. The van der Waals surface area contributed by atoms with Crippen molar-refractivity contribution >= 4 is 64.6 Å². The molecule has 6 rings (SSSR count). The van der Waals surface area contributed by atoms with Gasteiger partial charge in [-0.25, -0.2) is 0 Å². The highest BCUT2D eigenvalue weighted by molar-refractivity contribution is 6.33. The van der Waals surface area contributed by atoms with Crippen LogP contribution in [0.4, 0.5) is 13.2 Å². The van der Waals surface area contributed by atoms with E-state index >= 15 is 4.79 Å². The molecule has 0 aromatic heterocycles. The number of hydrogen-bond acceptors (Lipinski definition) is 7. The van der Waals surface area contributed by atoms with Crippen LogP contribution in [-0.4, -0.2) is 125 Å². The van der Waals surface area contributed by atoms with Crippen molar-refractivity contribution in [1.82, 2.24) is 36.0 Å². The van der Waals surface area contributed by atoms with Gasteiger partial charge in [-0.15, -0.1) is 0 Å². The van der Waals surface area contributed by atoms with Gasteiger partial charge in [0.2, 0.25) is 41.4 Å². The molecule has 3 saturated carbocycles. The van der Waals surface area contributed by atoms with Crippen LogP contribution in [0.25, 0.3) is 0 Å². The first-order valence-electron chi connectivity index (χ1n) is 23.8. The van der Waals surface area contributed by atoms with Crippen LogP contribution >= 0.6 is 23.2 Å². The summed E-state index contributed by atoms with van der Waals surface area (Å²) in [4.78, 5) is 104. The summed E-state index contributed by atoms with van der Waals surface area (Å²) < 4.78 is 42.8. The Kier molecular flexibility index (Phi) is 17.0. The Morgan fingerprint density at radius 2 is 1.61 bits per heavy atom. The van der Waals surface area contributed by atoms with Gasteiger partial charge in [-0.1, -0.05) is 56.8 Å². The molecule has 5 aliphatic rings. The highest BCUT2D eigenvalue weighted by Crippen LogP contribution is 2.54. The van der Waals surface area contributed by atoms with Crippen LogP contribution in [0.5, 0.6) is 0 Å². The molecule has 0 unspecified atom stereocenters. The fraction of sp³-hybridized carbons (Fsp3) is 0.723. The van der Waals surface area contributed by atoms with E-state index in [1.54, 1.807) is 18.2 Å². The number of amides is 7. The number of halogens is 5. The molecule has 0 spiro atoms. The van der Waals surface area contributed by atoms with E-state index in [4.69, 9.17) is 23.2 Å². The van der Waals surface area contributed by atoms with E-state index in [0.717, 1.165) is 17.7 Å². The Balaban J connectivity index is 1.30. The van der Waals surface area contributed by atoms with Gasteiger partial charge in [-0.05, 0) is 125 Å². The maximum absolute atomic E-state index is 15.0. The lowest BCUT2D eigenvalue weighted by Crippen LogP contribution is -2.62. The van der Waals surface area contributed by atoms with Crippen LogP contribution < -0.4 is 21.3 Å². The van der Waals surface area contributed by atoms with Gasteiger partial charge in [0.05, 0.1) is 0 Å². The molecular formula is C47H66Cl2F3N7O7. The third-order valence-corrected chi connectivity index (χ3v) is 14.6. The molecule has 2 aliphatic heterocycles. The second kappa shape index (κ2) is 21.9. The molecule has 1 aromatic carbocycles. The Bertz CT molecular complexity index is 1980. The first-order chi connectivity index (χ1) is 31.3. The van der Waals surface area contributed by atoms with Crippen molar-refractivity contribution < 1.29 is 46.7 Å². The fourth-order valence-electron chi connectivity index (χ4n) is 9.62. The maximum Gasteiger partial charge on any atom is 0.403 e. The minimum atomic E-state index is -4.76. The summed E-state index contributed by atoms with van der Waals surface area (Å²) in [5.41, 5.74) is -2.03. The van der Waals surface area contributed by atoms with Crippen molar-refractivity contribution in [3.8, 4) is 0 Å². The van der Waals surface area contributed by atoms with Gasteiger partial charge in [-0.2, -0.15) is 13.2 Å². The fourth-order valence-corrected chi connectivity index (χ4v) is 10.0. The molecule has 19 heteroatoms. The number of likely N-dealkylation sites (tertiary alicyclic amines) is 1. The number of likely N-dealkylation sites (N-methyl/N-ethyl adjacent to an activating group) is 1. The predicted molar refractivity (Wildman–Crippen MR) is 242 cm³/mol. The summed E-state index contributed by atoms with van der Waals surface area (Å²) in [6, 6.07) is -1.84. The van der Waals surface area contributed by atoms with Crippen LogP contribution in [0, 0.1) is 23.2 Å². The maximum atomic E-state index is 15.0. The Labute approximate surface area is 395 Å². The molecule has 5 fully saturated rings. The van der Waals surface area contributed by atoms with Crippen LogP contribution in [0.1, 0.15) is 123 Å². The van der Waals surface area contributed by atoms with Gasteiger partial charge in [0, 0.05) is 43.1 Å². The lowest BCUT2D eigenvalue weighted by molar-refractivity contribution is -0.248. The quantitative estimate of drug-likeness (QED) is 0.185. The Hall–Kier alpha value is -4.12. The summed E-state index contributed by atoms with van der Waals surface area (Å²) in [6.07, 6.45) is 0.0951. The minimum absolute atomic E-state index is 0.00220. The van der Waals surface area contributed by atoms with Crippen molar-refractivity contribution in [2.24, 2.45) is 23.2 Å². The second-order valence-corrected chi connectivity index (χ2v) is 20.4. The third kappa shape index (κ3) is 12.1. The monoisotopic (exact) mass is 967 g/mol. The van der Waals surface area contributed by atoms with Crippen LogP contribution in [0.2, 0.25) is 10.0 Å². The normalized spacial score (nSPS) is 26.2. The topological polar surface area (TPSA) is 177 Å². The lowest BCUT2D eigenvalue weighted by Gasteiger charge is -2.44. The number of nitrogens with one attached hydrogen (secondary N) is 4. The molecule has 2 heterocycles. The SMILES string of the molecule is CCC[C@H]1NC(=O)[C@H](Cc2cc(Cl)ccc2Cl)N(C)C(=O)[C@H](CC(C)C)NC(=O)[C@@H](N(CC2CC2)C(=O)[C@@H](NC(=O)[C@@H]2CCCN2C(=O)C2(C(F)(F)F)CCC2)C2CC2)CCCCNC1=O. The van der Waals surface area contributed by atoms with Gasteiger partial charge in [0.1, 0.15) is 41.7 Å². The van der Waals surface area contributed by atoms with Crippen LogP contribution in [0.15, 0.2) is 18.2 Å². The zero-order valence-corrected chi connectivity index (χ0v) is 40.0. The Morgan fingerprint density at radius 3 is 2.21 bits per heavy atom. The number of hydrogen-bond donors (Lipinski definition) is 4. The molecule has 4 N–H and O–H groups in total. The molecule has 66 heavy (non-hydrogen) atoms. The van der Waals surface area contributed by atoms with Gasteiger partial charge < -0.3 is 36.0 Å². The van der Waals surface area contributed by atoms with Gasteiger partial charge >= 0.3 is 6.18 Å². The first-order valence-corrected chi connectivity index (χ1v) is 24.6. The van der Waals surface area contributed by atoms with Crippen LogP contribution in [0.3, 0.4) is 0 Å². The highest BCUT2D eigenvalue weighted by Gasteiger charge is 2.65. The van der Waals surface area contributed by atoms with E-state index in [2.05, 4.69) is 21.3 Å². The van der Waals surface area contributed by atoms with E-state index in [1.165, 1.54) is 16.8 Å². The van der Waals surface area contributed by atoms with Gasteiger partial charge in [0.25, 0.3) is 0 Å². The summed E-state index contributed by atoms with van der Waals surface area (Å²) >= 11 is 12.9. The standard InChI is InChI=1S/C47H66Cl2F3N7O7/c1-5-10-33-39(60)53-21-7-6-11-36(40(61)55-34(23-27(2)3)43(64)57(4)37(42(63)54-33)25-30-24-31(48)17-18-32(30)49)59(26-28-13-14-28)44(65)38(29-15-16-29)56-41(62)35-12-8-22-58(35)45(66)46(19-9-20-46)47(50,51)52/h17-18,24,27-29,33-38H,5-16,19-23,25-26H2,1-4H3,(H,53,60)(H,54,63)(H,55,61)(H,56,62)/t33-,34+,35+,36+,37+,38+/m1/s1. The zero-order chi connectivity index (χ0) is 48.1. The minimum Gasteiger partial charge on any atom is -0.354 e. The molecule has 6 atom stereocenters. The van der Waals surface area contributed by atoms with Crippen molar-refractivity contribution in [1.29, 1.82) is 0 Å². The number of carbonyl (C=O) groups excluding carboxylic acids is 7. The van der Waals surface area contributed by atoms with Crippen molar-refractivity contribution in [2.75, 3.05) is 26.7 Å². The average molecular weight is 969 g/mol. The molecule has 7 amide bonds. The molecule has 3 aliphatic carbocycles. The molecule has 2 saturated heterocycles. The molecule has 366 valence electrons. The van der Waals surface area contributed by atoms with Crippen LogP contribution in [-0.2, 0) is 40.0 Å². The Morgan fingerprint density at radius 1 is 0.909 bits per heavy atom. The van der Waals surface area contributed by atoms with E-state index in [-0.39, 0.29) is 82.3 Å².